The molecular weight excluding hydrogens is 368 g/mol. The molecule has 4 aliphatic rings. The average Bonchev–Trinajstić information content (AvgIpc) is 2.97. The molecule has 0 spiro atoms. The molecule has 0 bridgehead atoms. The SMILES string of the molecule is COC[C@]12CC[C@H](OC(C)=O)CC1=CCC1C2CC[C@@]2(C)C1CC[C@@H]2OC(C)=O. The minimum Gasteiger partial charge on any atom is -0.462 e. The van der Waals surface area contributed by atoms with Gasteiger partial charge in [0.25, 0.3) is 0 Å². The lowest BCUT2D eigenvalue weighted by atomic mass is 9.47. The molecule has 3 unspecified atom stereocenters. The van der Waals surface area contributed by atoms with Crippen LogP contribution in [-0.2, 0) is 23.8 Å². The summed E-state index contributed by atoms with van der Waals surface area (Å²) in [5, 5.41) is 0. The Kier molecular flexibility index (Phi) is 5.56. The van der Waals surface area contributed by atoms with Crippen molar-refractivity contribution in [3.8, 4) is 0 Å². The second kappa shape index (κ2) is 7.72. The third-order valence-electron chi connectivity index (χ3n) is 8.74. The maximum atomic E-state index is 11.6. The number of allylic oxidation sites excluding steroid dienone is 1. The van der Waals surface area contributed by atoms with Gasteiger partial charge in [-0.25, -0.2) is 0 Å². The summed E-state index contributed by atoms with van der Waals surface area (Å²) in [4.78, 5) is 23.1. The van der Waals surface area contributed by atoms with Crippen LogP contribution in [-0.4, -0.2) is 37.9 Å². The molecular formula is C24H36O5. The van der Waals surface area contributed by atoms with Crippen molar-refractivity contribution in [2.24, 2.45) is 28.6 Å². The first-order chi connectivity index (χ1) is 13.8. The molecule has 29 heavy (non-hydrogen) atoms. The molecule has 7 atom stereocenters. The number of rotatable bonds is 4. The van der Waals surface area contributed by atoms with E-state index in [-0.39, 0.29) is 35.0 Å². The van der Waals surface area contributed by atoms with Crippen molar-refractivity contribution in [2.45, 2.75) is 84.3 Å². The van der Waals surface area contributed by atoms with Crippen LogP contribution >= 0.6 is 0 Å². The molecule has 3 saturated carbocycles. The first kappa shape index (κ1) is 20.9. The van der Waals surface area contributed by atoms with Gasteiger partial charge in [0.2, 0.25) is 0 Å². The van der Waals surface area contributed by atoms with E-state index in [9.17, 15) is 9.59 Å². The molecule has 0 aromatic heterocycles. The van der Waals surface area contributed by atoms with Crippen molar-refractivity contribution in [3.05, 3.63) is 11.6 Å². The monoisotopic (exact) mass is 404 g/mol. The van der Waals surface area contributed by atoms with Gasteiger partial charge in [0.1, 0.15) is 12.2 Å². The number of fused-ring (bicyclic) bond motifs is 5. The summed E-state index contributed by atoms with van der Waals surface area (Å²) in [5.74, 6) is 1.50. The van der Waals surface area contributed by atoms with Crippen LogP contribution in [0, 0.1) is 28.6 Å². The van der Waals surface area contributed by atoms with E-state index in [0.717, 1.165) is 58.0 Å². The molecule has 0 aliphatic heterocycles. The molecule has 5 nitrogen and oxygen atoms in total. The molecule has 0 amide bonds. The average molecular weight is 405 g/mol. The number of carbonyl (C=O) groups is 2. The lowest BCUT2D eigenvalue weighted by Gasteiger charge is -2.58. The lowest BCUT2D eigenvalue weighted by molar-refractivity contribution is -0.158. The third-order valence-corrected chi connectivity index (χ3v) is 8.74. The fourth-order valence-electron chi connectivity index (χ4n) is 7.63. The minimum absolute atomic E-state index is 0.00830. The summed E-state index contributed by atoms with van der Waals surface area (Å²) < 4.78 is 17.1. The lowest BCUT2D eigenvalue weighted by Crippen LogP contribution is -2.54. The smallest absolute Gasteiger partial charge is 0.302 e. The van der Waals surface area contributed by atoms with Gasteiger partial charge in [0, 0.05) is 38.2 Å². The van der Waals surface area contributed by atoms with E-state index >= 15 is 0 Å². The van der Waals surface area contributed by atoms with E-state index in [1.165, 1.54) is 19.4 Å². The highest BCUT2D eigenvalue weighted by atomic mass is 16.5. The second-order valence-corrected chi connectivity index (χ2v) is 10.1. The van der Waals surface area contributed by atoms with Gasteiger partial charge in [0.05, 0.1) is 6.61 Å². The predicted octanol–water partition coefficient (Wildman–Crippen LogP) is 4.44. The zero-order chi connectivity index (χ0) is 20.8. The van der Waals surface area contributed by atoms with Gasteiger partial charge < -0.3 is 14.2 Å². The summed E-state index contributed by atoms with van der Waals surface area (Å²) in [6.07, 6.45) is 10.8. The molecule has 162 valence electrons. The van der Waals surface area contributed by atoms with Gasteiger partial charge in [-0.15, -0.1) is 0 Å². The van der Waals surface area contributed by atoms with Gasteiger partial charge in [-0.2, -0.15) is 0 Å². The largest absolute Gasteiger partial charge is 0.462 e. The number of esters is 2. The minimum atomic E-state index is -0.181. The fraction of sp³-hybridized carbons (Fsp3) is 0.833. The van der Waals surface area contributed by atoms with Crippen LogP contribution in [0.5, 0.6) is 0 Å². The Hall–Kier alpha value is -1.36. The molecule has 4 aliphatic carbocycles. The first-order valence-corrected chi connectivity index (χ1v) is 11.3. The highest BCUT2D eigenvalue weighted by Crippen LogP contribution is 2.65. The van der Waals surface area contributed by atoms with Crippen molar-refractivity contribution in [2.75, 3.05) is 13.7 Å². The second-order valence-electron chi connectivity index (χ2n) is 10.1. The normalized spacial score (nSPS) is 43.4. The summed E-state index contributed by atoms with van der Waals surface area (Å²) in [6.45, 7) is 6.15. The Bertz CT molecular complexity index is 699. The maximum absolute atomic E-state index is 11.6. The molecule has 0 aromatic carbocycles. The maximum Gasteiger partial charge on any atom is 0.302 e. The fourth-order valence-corrected chi connectivity index (χ4v) is 7.63. The van der Waals surface area contributed by atoms with Gasteiger partial charge in [0.15, 0.2) is 0 Å². The molecule has 0 radical (unpaired) electrons. The highest BCUT2D eigenvalue weighted by Gasteiger charge is 2.60. The van der Waals surface area contributed by atoms with E-state index in [2.05, 4.69) is 13.0 Å². The Labute approximate surface area is 174 Å². The summed E-state index contributed by atoms with van der Waals surface area (Å²) in [7, 11) is 1.81. The van der Waals surface area contributed by atoms with Crippen molar-refractivity contribution < 1.29 is 23.8 Å². The van der Waals surface area contributed by atoms with Crippen LogP contribution in [0.1, 0.15) is 72.1 Å². The molecule has 0 aromatic rings. The predicted molar refractivity (Wildman–Crippen MR) is 109 cm³/mol. The van der Waals surface area contributed by atoms with Gasteiger partial charge in [-0.05, 0) is 62.7 Å². The summed E-state index contributed by atoms with van der Waals surface area (Å²) in [6, 6.07) is 0. The standard InChI is InChI=1S/C24H36O5/c1-15(25)28-18-9-12-24(14-27-4)17(13-18)5-6-19-20-7-8-22(29-16(2)26)23(20,3)11-10-21(19)24/h5,18-22H,6-14H2,1-4H3/t18-,19?,20?,21?,22-,23-,24+/m0/s1. The summed E-state index contributed by atoms with van der Waals surface area (Å²) >= 11 is 0. The number of ether oxygens (including phenoxy) is 3. The Morgan fingerprint density at radius 3 is 2.48 bits per heavy atom. The van der Waals surface area contributed by atoms with Crippen molar-refractivity contribution >= 4 is 11.9 Å². The number of methoxy groups -OCH3 is 1. The number of hydrogen-bond donors (Lipinski definition) is 0. The molecule has 5 heteroatoms. The Morgan fingerprint density at radius 2 is 1.79 bits per heavy atom. The molecule has 3 fully saturated rings. The number of carbonyl (C=O) groups excluding carboxylic acids is 2. The van der Waals surface area contributed by atoms with Gasteiger partial charge >= 0.3 is 11.9 Å². The summed E-state index contributed by atoms with van der Waals surface area (Å²) in [5.41, 5.74) is 1.63. The molecule has 0 heterocycles. The van der Waals surface area contributed by atoms with Crippen LogP contribution in [0.4, 0.5) is 0 Å². The van der Waals surface area contributed by atoms with Crippen molar-refractivity contribution in [1.29, 1.82) is 0 Å². The zero-order valence-electron chi connectivity index (χ0n) is 18.4. The first-order valence-electron chi connectivity index (χ1n) is 11.3. The van der Waals surface area contributed by atoms with E-state index in [4.69, 9.17) is 14.2 Å². The van der Waals surface area contributed by atoms with Crippen molar-refractivity contribution in [3.63, 3.8) is 0 Å². The van der Waals surface area contributed by atoms with Crippen LogP contribution < -0.4 is 0 Å². The Balaban J connectivity index is 1.60. The molecule has 0 N–H and O–H groups in total. The Morgan fingerprint density at radius 1 is 1.03 bits per heavy atom. The van der Waals surface area contributed by atoms with E-state index < -0.39 is 0 Å². The van der Waals surface area contributed by atoms with Crippen LogP contribution in [0.2, 0.25) is 0 Å². The number of hydrogen-bond acceptors (Lipinski definition) is 5. The highest BCUT2D eigenvalue weighted by molar-refractivity contribution is 5.66. The topological polar surface area (TPSA) is 61.8 Å². The van der Waals surface area contributed by atoms with Gasteiger partial charge in [-0.3, -0.25) is 9.59 Å². The van der Waals surface area contributed by atoms with Crippen LogP contribution in [0.25, 0.3) is 0 Å². The van der Waals surface area contributed by atoms with Crippen LogP contribution in [0.3, 0.4) is 0 Å². The molecule has 0 saturated heterocycles. The molecule has 4 rings (SSSR count). The van der Waals surface area contributed by atoms with E-state index in [1.807, 2.05) is 7.11 Å². The quantitative estimate of drug-likeness (QED) is 0.512. The van der Waals surface area contributed by atoms with Gasteiger partial charge in [-0.1, -0.05) is 18.6 Å². The van der Waals surface area contributed by atoms with E-state index in [1.54, 1.807) is 0 Å². The van der Waals surface area contributed by atoms with Crippen molar-refractivity contribution in [1.82, 2.24) is 0 Å². The zero-order valence-corrected chi connectivity index (χ0v) is 18.4. The third kappa shape index (κ3) is 3.43. The van der Waals surface area contributed by atoms with Crippen LogP contribution in [0.15, 0.2) is 11.6 Å². The van der Waals surface area contributed by atoms with E-state index in [0.29, 0.717) is 17.8 Å².